The summed E-state index contributed by atoms with van der Waals surface area (Å²) < 4.78 is 0. The van der Waals surface area contributed by atoms with Crippen LogP contribution in [0.4, 0.5) is 0 Å². The number of carbonyl (C=O) groups excluding carboxylic acids is 2. The van der Waals surface area contributed by atoms with Crippen LogP contribution >= 0.6 is 46.4 Å². The number of benzene rings is 2. The molecular formula is C26H26Cl4N2O2. The molecule has 0 spiro atoms. The summed E-state index contributed by atoms with van der Waals surface area (Å²) in [6.07, 6.45) is 7.64. The van der Waals surface area contributed by atoms with Gasteiger partial charge in [0, 0.05) is 52.1 Å². The van der Waals surface area contributed by atoms with E-state index in [0.717, 1.165) is 50.4 Å². The Morgan fingerprint density at radius 1 is 0.647 bits per heavy atom. The Kier molecular flexibility index (Phi) is 10.6. The van der Waals surface area contributed by atoms with E-state index in [9.17, 15) is 9.59 Å². The Labute approximate surface area is 220 Å². The van der Waals surface area contributed by atoms with Crippen LogP contribution in [-0.4, -0.2) is 60.6 Å². The number of ketones is 2. The molecule has 0 unspecified atom stereocenters. The molecule has 1 fully saturated rings. The molecule has 0 bridgehead atoms. The van der Waals surface area contributed by atoms with Crippen molar-refractivity contribution in [1.29, 1.82) is 0 Å². The Morgan fingerprint density at radius 2 is 1.03 bits per heavy atom. The highest BCUT2D eigenvalue weighted by atomic mass is 35.5. The Morgan fingerprint density at radius 3 is 1.38 bits per heavy atom. The van der Waals surface area contributed by atoms with Crippen LogP contribution in [-0.2, 0) is 9.59 Å². The average molecular weight is 540 g/mol. The van der Waals surface area contributed by atoms with Crippen LogP contribution in [0, 0.1) is 0 Å². The highest BCUT2D eigenvalue weighted by Crippen LogP contribution is 2.24. The number of rotatable bonds is 10. The zero-order valence-electron chi connectivity index (χ0n) is 18.7. The molecule has 0 aromatic heterocycles. The minimum atomic E-state index is 0.0767. The third-order valence-corrected chi connectivity index (χ3v) is 7.10. The van der Waals surface area contributed by atoms with Gasteiger partial charge in [-0.1, -0.05) is 70.7 Å². The minimum Gasteiger partial charge on any atom is -0.300 e. The fourth-order valence-corrected chi connectivity index (χ4v) is 4.16. The number of halogens is 4. The molecule has 0 aliphatic carbocycles. The summed E-state index contributed by atoms with van der Waals surface area (Å²) in [7, 11) is 0. The van der Waals surface area contributed by atoms with Crippen LogP contribution in [0.1, 0.15) is 24.0 Å². The lowest BCUT2D eigenvalue weighted by Crippen LogP contribution is -2.47. The molecule has 2 aromatic rings. The number of nitrogens with zero attached hydrogens (tertiary/aromatic N) is 2. The van der Waals surface area contributed by atoms with E-state index in [1.165, 1.54) is 0 Å². The van der Waals surface area contributed by atoms with E-state index >= 15 is 0 Å². The van der Waals surface area contributed by atoms with Gasteiger partial charge in [-0.3, -0.25) is 9.59 Å². The van der Waals surface area contributed by atoms with E-state index in [1.54, 1.807) is 48.6 Å². The first-order valence-electron chi connectivity index (χ1n) is 11.1. The number of hydrogen-bond donors (Lipinski definition) is 0. The van der Waals surface area contributed by atoms with Crippen LogP contribution in [0.5, 0.6) is 0 Å². The van der Waals surface area contributed by atoms with E-state index in [1.807, 2.05) is 12.1 Å². The molecule has 0 amide bonds. The molecule has 0 N–H and O–H groups in total. The van der Waals surface area contributed by atoms with Crippen molar-refractivity contribution >= 4 is 70.1 Å². The first kappa shape index (κ1) is 26.9. The summed E-state index contributed by atoms with van der Waals surface area (Å²) in [6, 6.07) is 10.6. The van der Waals surface area contributed by atoms with E-state index < -0.39 is 0 Å². The van der Waals surface area contributed by atoms with Crippen molar-refractivity contribution in [2.75, 3.05) is 39.3 Å². The standard InChI is InChI=1S/C26H26Cl4N2O2/c27-23-7-3-19(17-25(23)29)1-5-21(33)9-11-31-13-15-32(16-14-31)12-10-22(34)6-2-20-4-8-24(28)26(30)18-20/h1-8,17-18H,9-16H2/b5-1+,6-2+. The number of carbonyl (C=O) groups is 2. The van der Waals surface area contributed by atoms with Gasteiger partial charge in [-0.2, -0.15) is 0 Å². The third kappa shape index (κ3) is 8.84. The van der Waals surface area contributed by atoms with Crippen LogP contribution in [0.3, 0.4) is 0 Å². The lowest BCUT2D eigenvalue weighted by Gasteiger charge is -2.34. The Balaban J connectivity index is 1.33. The van der Waals surface area contributed by atoms with Crippen molar-refractivity contribution in [3.05, 3.63) is 79.8 Å². The van der Waals surface area contributed by atoms with Gasteiger partial charge in [-0.15, -0.1) is 0 Å². The van der Waals surface area contributed by atoms with Crippen molar-refractivity contribution in [1.82, 2.24) is 9.80 Å². The molecule has 1 aliphatic heterocycles. The molecular weight excluding hydrogens is 514 g/mol. The minimum absolute atomic E-state index is 0.0767. The molecule has 3 rings (SSSR count). The lowest BCUT2D eigenvalue weighted by atomic mass is 10.1. The summed E-state index contributed by atoms with van der Waals surface area (Å²) in [5.41, 5.74) is 1.69. The zero-order chi connectivity index (χ0) is 24.5. The SMILES string of the molecule is O=C(/C=C/c1ccc(Cl)c(Cl)c1)CCN1CCN(CCC(=O)/C=C/c2ccc(Cl)c(Cl)c2)CC1. The van der Waals surface area contributed by atoms with Crippen LogP contribution in [0.2, 0.25) is 20.1 Å². The van der Waals surface area contributed by atoms with Gasteiger partial charge in [0.25, 0.3) is 0 Å². The number of hydrogen-bond acceptors (Lipinski definition) is 4. The lowest BCUT2D eigenvalue weighted by molar-refractivity contribution is -0.116. The predicted molar refractivity (Wildman–Crippen MR) is 143 cm³/mol. The molecule has 0 radical (unpaired) electrons. The molecule has 34 heavy (non-hydrogen) atoms. The Bertz CT molecular complexity index is 991. The van der Waals surface area contributed by atoms with Crippen molar-refractivity contribution in [2.45, 2.75) is 12.8 Å². The number of allylic oxidation sites excluding steroid dienone is 2. The summed E-state index contributed by atoms with van der Waals surface area (Å²) in [5, 5.41) is 1.93. The molecule has 0 saturated carbocycles. The second-order valence-electron chi connectivity index (χ2n) is 8.13. The first-order valence-corrected chi connectivity index (χ1v) is 12.6. The predicted octanol–water partition coefficient (Wildman–Crippen LogP) is 6.56. The van der Waals surface area contributed by atoms with Crippen molar-refractivity contribution in [3.63, 3.8) is 0 Å². The molecule has 8 heteroatoms. The van der Waals surface area contributed by atoms with Gasteiger partial charge in [0.15, 0.2) is 11.6 Å². The molecule has 1 heterocycles. The average Bonchev–Trinajstić information content (AvgIpc) is 2.83. The van der Waals surface area contributed by atoms with Crippen LogP contribution in [0.15, 0.2) is 48.6 Å². The summed E-state index contributed by atoms with van der Waals surface area (Å²) >= 11 is 23.8. The third-order valence-electron chi connectivity index (χ3n) is 5.62. The highest BCUT2D eigenvalue weighted by molar-refractivity contribution is 6.42. The Hall–Kier alpha value is -1.66. The van der Waals surface area contributed by atoms with Gasteiger partial charge in [-0.25, -0.2) is 0 Å². The second kappa shape index (κ2) is 13.4. The van der Waals surface area contributed by atoms with Crippen molar-refractivity contribution < 1.29 is 9.59 Å². The summed E-state index contributed by atoms with van der Waals surface area (Å²) in [5.74, 6) is 0.153. The second-order valence-corrected chi connectivity index (χ2v) is 9.76. The van der Waals surface area contributed by atoms with Crippen LogP contribution < -0.4 is 0 Å². The van der Waals surface area contributed by atoms with E-state index in [0.29, 0.717) is 32.9 Å². The largest absolute Gasteiger partial charge is 0.300 e. The topological polar surface area (TPSA) is 40.6 Å². The van der Waals surface area contributed by atoms with Gasteiger partial charge in [0.05, 0.1) is 20.1 Å². The van der Waals surface area contributed by atoms with Gasteiger partial charge >= 0.3 is 0 Å². The maximum absolute atomic E-state index is 12.2. The molecule has 1 aliphatic rings. The monoisotopic (exact) mass is 538 g/mol. The van der Waals surface area contributed by atoms with E-state index in [2.05, 4.69) is 9.80 Å². The molecule has 4 nitrogen and oxygen atoms in total. The molecule has 2 aromatic carbocycles. The van der Waals surface area contributed by atoms with Gasteiger partial charge in [0.1, 0.15) is 0 Å². The van der Waals surface area contributed by atoms with Crippen molar-refractivity contribution in [2.24, 2.45) is 0 Å². The van der Waals surface area contributed by atoms with Gasteiger partial charge in [-0.05, 0) is 47.5 Å². The summed E-state index contributed by atoms with van der Waals surface area (Å²) in [6.45, 7) is 5.00. The van der Waals surface area contributed by atoms with E-state index in [-0.39, 0.29) is 11.6 Å². The quantitative estimate of drug-likeness (QED) is 0.320. The van der Waals surface area contributed by atoms with E-state index in [4.69, 9.17) is 46.4 Å². The van der Waals surface area contributed by atoms with Gasteiger partial charge < -0.3 is 9.80 Å². The molecule has 1 saturated heterocycles. The highest BCUT2D eigenvalue weighted by Gasteiger charge is 2.17. The zero-order valence-corrected chi connectivity index (χ0v) is 21.7. The smallest absolute Gasteiger partial charge is 0.156 e. The molecule has 0 atom stereocenters. The van der Waals surface area contributed by atoms with Crippen LogP contribution in [0.25, 0.3) is 12.2 Å². The van der Waals surface area contributed by atoms with Gasteiger partial charge in [0.2, 0.25) is 0 Å². The summed E-state index contributed by atoms with van der Waals surface area (Å²) in [4.78, 5) is 29.0. The van der Waals surface area contributed by atoms with Crippen molar-refractivity contribution in [3.8, 4) is 0 Å². The maximum Gasteiger partial charge on any atom is 0.156 e. The fourth-order valence-electron chi connectivity index (χ4n) is 3.55. The number of piperazine rings is 1. The molecule has 180 valence electrons. The maximum atomic E-state index is 12.2. The normalized spacial score (nSPS) is 15.4. The first-order chi connectivity index (χ1) is 16.3. The fraction of sp³-hybridized carbons (Fsp3) is 0.308.